The van der Waals surface area contributed by atoms with Crippen LogP contribution in [0.4, 0.5) is 0 Å². The van der Waals surface area contributed by atoms with Crippen molar-refractivity contribution in [2.75, 3.05) is 13.2 Å². The highest BCUT2D eigenvalue weighted by molar-refractivity contribution is 8.00. The van der Waals surface area contributed by atoms with Crippen molar-refractivity contribution in [3.63, 3.8) is 0 Å². The summed E-state index contributed by atoms with van der Waals surface area (Å²) in [4.78, 5) is 0. The van der Waals surface area contributed by atoms with Crippen LogP contribution in [0.3, 0.4) is 0 Å². The predicted octanol–water partition coefficient (Wildman–Crippen LogP) is 1.81. The van der Waals surface area contributed by atoms with Crippen molar-refractivity contribution in [1.82, 2.24) is 0 Å². The number of hydrogen-bond acceptors (Lipinski definition) is 3. The summed E-state index contributed by atoms with van der Waals surface area (Å²) < 4.78 is 5.32. The van der Waals surface area contributed by atoms with Crippen molar-refractivity contribution in [3.05, 3.63) is 0 Å². The third-order valence-electron chi connectivity index (χ3n) is 2.95. The highest BCUT2D eigenvalue weighted by atomic mass is 32.2. The maximum absolute atomic E-state index is 9.67. The molecule has 0 aromatic carbocycles. The Balaban J connectivity index is 1.75. The zero-order chi connectivity index (χ0) is 9.10. The molecule has 0 aromatic heterocycles. The fourth-order valence-corrected chi connectivity index (χ4v) is 3.70. The van der Waals surface area contributed by atoms with Crippen LogP contribution in [0.1, 0.15) is 32.1 Å². The van der Waals surface area contributed by atoms with E-state index >= 15 is 0 Å². The van der Waals surface area contributed by atoms with Crippen molar-refractivity contribution in [2.24, 2.45) is 0 Å². The molecule has 2 rings (SSSR count). The van der Waals surface area contributed by atoms with Gasteiger partial charge in [-0.3, -0.25) is 0 Å². The molecule has 3 heteroatoms. The summed E-state index contributed by atoms with van der Waals surface area (Å²) in [6.45, 7) is 1.83. The summed E-state index contributed by atoms with van der Waals surface area (Å²) in [5.41, 5.74) is 0. The summed E-state index contributed by atoms with van der Waals surface area (Å²) in [5.74, 6) is 0. The lowest BCUT2D eigenvalue weighted by Gasteiger charge is -2.25. The molecule has 1 saturated heterocycles. The largest absolute Gasteiger partial charge is 0.392 e. The minimum absolute atomic E-state index is 0.0344. The topological polar surface area (TPSA) is 29.5 Å². The Kier molecular flexibility index (Phi) is 3.52. The Bertz CT molecular complexity index is 157. The highest BCUT2D eigenvalue weighted by Crippen LogP contribution is 2.35. The van der Waals surface area contributed by atoms with Crippen LogP contribution in [-0.4, -0.2) is 34.9 Å². The SMILES string of the molecule is OC1CCCC1SC1CCOCC1. The molecule has 0 radical (unpaired) electrons. The van der Waals surface area contributed by atoms with Crippen LogP contribution >= 0.6 is 11.8 Å². The van der Waals surface area contributed by atoms with E-state index in [2.05, 4.69) is 0 Å². The zero-order valence-corrected chi connectivity index (χ0v) is 8.76. The average molecular weight is 202 g/mol. The Morgan fingerprint density at radius 1 is 1.08 bits per heavy atom. The van der Waals surface area contributed by atoms with Gasteiger partial charge in [0.15, 0.2) is 0 Å². The van der Waals surface area contributed by atoms with E-state index in [0.29, 0.717) is 5.25 Å². The van der Waals surface area contributed by atoms with E-state index in [1.165, 1.54) is 25.7 Å². The second-order valence-corrected chi connectivity index (χ2v) is 5.53. The van der Waals surface area contributed by atoms with E-state index in [0.717, 1.165) is 24.9 Å². The molecular weight excluding hydrogens is 184 g/mol. The Labute approximate surface area is 84.0 Å². The van der Waals surface area contributed by atoms with Crippen LogP contribution in [0.2, 0.25) is 0 Å². The van der Waals surface area contributed by atoms with Crippen LogP contribution < -0.4 is 0 Å². The maximum atomic E-state index is 9.67. The van der Waals surface area contributed by atoms with Crippen molar-refractivity contribution in [1.29, 1.82) is 0 Å². The second kappa shape index (κ2) is 4.67. The molecule has 1 aliphatic carbocycles. The van der Waals surface area contributed by atoms with Gasteiger partial charge < -0.3 is 9.84 Å². The summed E-state index contributed by atoms with van der Waals surface area (Å²) >= 11 is 2.01. The first-order valence-corrected chi connectivity index (χ1v) is 6.22. The minimum atomic E-state index is -0.0344. The number of ether oxygens (including phenoxy) is 1. The fraction of sp³-hybridized carbons (Fsp3) is 1.00. The number of hydrogen-bond donors (Lipinski definition) is 1. The van der Waals surface area contributed by atoms with Gasteiger partial charge in [-0.25, -0.2) is 0 Å². The predicted molar refractivity (Wildman–Crippen MR) is 55.1 cm³/mol. The van der Waals surface area contributed by atoms with E-state index in [4.69, 9.17) is 4.74 Å². The molecule has 0 amide bonds. The van der Waals surface area contributed by atoms with E-state index in [1.54, 1.807) is 0 Å². The number of rotatable bonds is 2. The molecule has 1 heterocycles. The summed E-state index contributed by atoms with van der Waals surface area (Å²) in [6.07, 6.45) is 5.75. The van der Waals surface area contributed by atoms with Crippen molar-refractivity contribution < 1.29 is 9.84 Å². The number of aliphatic hydroxyl groups excluding tert-OH is 1. The highest BCUT2D eigenvalue weighted by Gasteiger charge is 2.28. The molecule has 0 bridgehead atoms. The van der Waals surface area contributed by atoms with Crippen LogP contribution in [0, 0.1) is 0 Å². The van der Waals surface area contributed by atoms with Gasteiger partial charge >= 0.3 is 0 Å². The quantitative estimate of drug-likeness (QED) is 0.740. The Morgan fingerprint density at radius 2 is 1.85 bits per heavy atom. The van der Waals surface area contributed by atoms with Gasteiger partial charge in [0.25, 0.3) is 0 Å². The van der Waals surface area contributed by atoms with E-state index < -0.39 is 0 Å². The van der Waals surface area contributed by atoms with Gasteiger partial charge in [0, 0.05) is 23.7 Å². The van der Waals surface area contributed by atoms with Crippen LogP contribution in [0.25, 0.3) is 0 Å². The molecule has 2 fully saturated rings. The molecule has 1 N–H and O–H groups in total. The molecule has 2 nitrogen and oxygen atoms in total. The number of aliphatic hydroxyl groups is 1. The van der Waals surface area contributed by atoms with E-state index in [9.17, 15) is 5.11 Å². The summed E-state index contributed by atoms with van der Waals surface area (Å²) in [6, 6.07) is 0. The molecule has 2 atom stereocenters. The first-order chi connectivity index (χ1) is 6.36. The molecule has 2 unspecified atom stereocenters. The maximum Gasteiger partial charge on any atom is 0.0658 e. The fourth-order valence-electron chi connectivity index (χ4n) is 2.12. The van der Waals surface area contributed by atoms with Gasteiger partial charge in [0.1, 0.15) is 0 Å². The van der Waals surface area contributed by atoms with Gasteiger partial charge in [-0.2, -0.15) is 11.8 Å². The summed E-state index contributed by atoms with van der Waals surface area (Å²) in [5, 5.41) is 10.9. The molecule has 13 heavy (non-hydrogen) atoms. The lowest BCUT2D eigenvalue weighted by molar-refractivity contribution is 0.0996. The van der Waals surface area contributed by atoms with Gasteiger partial charge in [0.2, 0.25) is 0 Å². The minimum Gasteiger partial charge on any atom is -0.392 e. The second-order valence-electron chi connectivity index (χ2n) is 3.98. The van der Waals surface area contributed by atoms with Gasteiger partial charge in [-0.1, -0.05) is 0 Å². The third-order valence-corrected chi connectivity index (χ3v) is 4.71. The third kappa shape index (κ3) is 2.61. The monoisotopic (exact) mass is 202 g/mol. The van der Waals surface area contributed by atoms with Crippen LogP contribution in [0.5, 0.6) is 0 Å². The smallest absolute Gasteiger partial charge is 0.0658 e. The van der Waals surface area contributed by atoms with Crippen molar-refractivity contribution in [3.8, 4) is 0 Å². The molecule has 1 aliphatic heterocycles. The molecule has 1 saturated carbocycles. The van der Waals surface area contributed by atoms with Gasteiger partial charge in [-0.05, 0) is 32.1 Å². The molecule has 0 aromatic rings. The van der Waals surface area contributed by atoms with Gasteiger partial charge in [0.05, 0.1) is 6.10 Å². The van der Waals surface area contributed by atoms with Gasteiger partial charge in [-0.15, -0.1) is 0 Å². The van der Waals surface area contributed by atoms with Crippen LogP contribution in [0.15, 0.2) is 0 Å². The molecule has 0 spiro atoms. The van der Waals surface area contributed by atoms with E-state index in [1.807, 2.05) is 11.8 Å². The average Bonchev–Trinajstić information content (AvgIpc) is 2.54. The molecular formula is C10H18O2S. The van der Waals surface area contributed by atoms with Crippen molar-refractivity contribution >= 4 is 11.8 Å². The van der Waals surface area contributed by atoms with Crippen LogP contribution in [-0.2, 0) is 4.74 Å². The molecule has 76 valence electrons. The zero-order valence-electron chi connectivity index (χ0n) is 7.95. The lowest BCUT2D eigenvalue weighted by atomic mass is 10.2. The standard InChI is InChI=1S/C10H18O2S/c11-9-2-1-3-10(9)13-8-4-6-12-7-5-8/h8-11H,1-7H2. The summed E-state index contributed by atoms with van der Waals surface area (Å²) in [7, 11) is 0. The lowest BCUT2D eigenvalue weighted by Crippen LogP contribution is -2.24. The normalized spacial score (nSPS) is 36.7. The first-order valence-electron chi connectivity index (χ1n) is 5.27. The first kappa shape index (κ1) is 9.81. The van der Waals surface area contributed by atoms with Crippen molar-refractivity contribution in [2.45, 2.75) is 48.7 Å². The Morgan fingerprint density at radius 3 is 2.46 bits per heavy atom. The number of thioether (sulfide) groups is 1. The Hall–Kier alpha value is 0.270. The molecule has 2 aliphatic rings. The van der Waals surface area contributed by atoms with E-state index in [-0.39, 0.29) is 6.10 Å².